The molecule has 1 aromatic heterocycles. The van der Waals surface area contributed by atoms with Gasteiger partial charge in [-0.05, 0) is 25.5 Å². The lowest BCUT2D eigenvalue weighted by molar-refractivity contribution is -0.127. The Morgan fingerprint density at radius 1 is 1.36 bits per heavy atom. The summed E-state index contributed by atoms with van der Waals surface area (Å²) >= 11 is 1.34. The molecule has 0 aliphatic heterocycles. The molecular formula is C16H21N3O2S. The van der Waals surface area contributed by atoms with Gasteiger partial charge in [-0.15, -0.1) is 0 Å². The van der Waals surface area contributed by atoms with E-state index in [1.807, 2.05) is 32.0 Å². The van der Waals surface area contributed by atoms with Crippen LogP contribution in [0.2, 0.25) is 0 Å². The van der Waals surface area contributed by atoms with Crippen LogP contribution in [-0.2, 0) is 11.3 Å². The average molecular weight is 319 g/mol. The van der Waals surface area contributed by atoms with Crippen LogP contribution in [0.4, 0.5) is 0 Å². The first-order valence-electron chi connectivity index (χ1n) is 7.33. The third-order valence-electron chi connectivity index (χ3n) is 3.34. The molecule has 1 amide bonds. The third-order valence-corrected chi connectivity index (χ3v) is 4.42. The predicted octanol–water partition coefficient (Wildman–Crippen LogP) is 2.38. The summed E-state index contributed by atoms with van der Waals surface area (Å²) in [5, 5.41) is 0.936. The van der Waals surface area contributed by atoms with E-state index in [1.54, 1.807) is 29.6 Å². The second-order valence-corrected chi connectivity index (χ2v) is 6.67. The molecule has 1 unspecified atom stereocenters. The van der Waals surface area contributed by atoms with Crippen LogP contribution in [0.3, 0.4) is 0 Å². The number of benzene rings is 1. The Balaban J connectivity index is 2.49. The Kier molecular flexibility index (Phi) is 5.24. The zero-order chi connectivity index (χ0) is 16.3. The topological polar surface area (TPSA) is 55.2 Å². The zero-order valence-corrected chi connectivity index (χ0v) is 14.2. The van der Waals surface area contributed by atoms with Crippen molar-refractivity contribution in [3.63, 3.8) is 0 Å². The maximum atomic E-state index is 12.6. The van der Waals surface area contributed by atoms with E-state index in [4.69, 9.17) is 0 Å². The van der Waals surface area contributed by atoms with E-state index < -0.39 is 0 Å². The van der Waals surface area contributed by atoms with Crippen LogP contribution in [0.5, 0.6) is 0 Å². The first kappa shape index (κ1) is 16.5. The molecule has 0 radical (unpaired) electrons. The Morgan fingerprint density at radius 2 is 2.05 bits per heavy atom. The molecule has 0 aliphatic carbocycles. The van der Waals surface area contributed by atoms with Gasteiger partial charge < -0.3 is 4.90 Å². The maximum absolute atomic E-state index is 12.6. The van der Waals surface area contributed by atoms with Gasteiger partial charge >= 0.3 is 0 Å². The van der Waals surface area contributed by atoms with Crippen LogP contribution in [0.15, 0.2) is 34.2 Å². The van der Waals surface area contributed by atoms with Gasteiger partial charge in [-0.25, -0.2) is 4.98 Å². The number of hydrogen-bond acceptors (Lipinski definition) is 4. The molecule has 118 valence electrons. The predicted molar refractivity (Wildman–Crippen MR) is 90.3 cm³/mol. The lowest BCUT2D eigenvalue weighted by atomic mass is 10.2. The van der Waals surface area contributed by atoms with Crippen molar-refractivity contribution in [1.82, 2.24) is 14.5 Å². The number of aromatic nitrogens is 2. The highest BCUT2D eigenvalue weighted by Gasteiger charge is 2.20. The minimum absolute atomic E-state index is 0.00968. The van der Waals surface area contributed by atoms with Gasteiger partial charge in [0.2, 0.25) is 5.91 Å². The van der Waals surface area contributed by atoms with Gasteiger partial charge in [0.1, 0.15) is 0 Å². The minimum Gasteiger partial charge on any atom is -0.348 e. The molecule has 1 aromatic carbocycles. The van der Waals surface area contributed by atoms with E-state index >= 15 is 0 Å². The number of carbonyl (C=O) groups is 1. The van der Waals surface area contributed by atoms with Crippen molar-refractivity contribution >= 4 is 28.6 Å². The highest BCUT2D eigenvalue weighted by molar-refractivity contribution is 8.00. The van der Waals surface area contributed by atoms with Crippen molar-refractivity contribution in [2.24, 2.45) is 0 Å². The standard InChI is InChI=1S/C16H21N3O2S/c1-5-10-19-15(21)12-8-6-7-9-13(12)17-16(19)22-11(2)14(20)18(3)4/h6-9,11H,5,10H2,1-4H3. The Bertz CT molecular complexity index is 740. The fourth-order valence-electron chi connectivity index (χ4n) is 2.23. The lowest BCUT2D eigenvalue weighted by Gasteiger charge is -2.18. The number of carbonyl (C=O) groups excluding carboxylic acids is 1. The van der Waals surface area contributed by atoms with Gasteiger partial charge in [-0.3, -0.25) is 14.2 Å². The molecule has 0 bridgehead atoms. The molecule has 0 N–H and O–H groups in total. The Hall–Kier alpha value is -1.82. The molecule has 1 atom stereocenters. The van der Waals surface area contributed by atoms with E-state index in [2.05, 4.69) is 4.98 Å². The molecule has 2 aromatic rings. The van der Waals surface area contributed by atoms with Crippen LogP contribution >= 0.6 is 11.8 Å². The maximum Gasteiger partial charge on any atom is 0.262 e. The number of nitrogens with zero attached hydrogens (tertiary/aromatic N) is 3. The van der Waals surface area contributed by atoms with Crippen molar-refractivity contribution in [1.29, 1.82) is 0 Å². The van der Waals surface area contributed by atoms with Gasteiger partial charge in [0.05, 0.1) is 16.2 Å². The summed E-state index contributed by atoms with van der Waals surface area (Å²) in [7, 11) is 3.46. The molecule has 22 heavy (non-hydrogen) atoms. The first-order chi connectivity index (χ1) is 10.5. The van der Waals surface area contributed by atoms with Gasteiger partial charge in [0.25, 0.3) is 5.56 Å². The van der Waals surface area contributed by atoms with Gasteiger partial charge in [0, 0.05) is 20.6 Å². The quantitative estimate of drug-likeness (QED) is 0.627. The molecule has 6 heteroatoms. The fraction of sp³-hybridized carbons (Fsp3) is 0.438. The van der Waals surface area contributed by atoms with E-state index in [0.29, 0.717) is 22.6 Å². The van der Waals surface area contributed by atoms with Crippen LogP contribution in [0, 0.1) is 0 Å². The zero-order valence-electron chi connectivity index (χ0n) is 13.4. The second kappa shape index (κ2) is 6.96. The normalized spacial score (nSPS) is 12.4. The lowest BCUT2D eigenvalue weighted by Crippen LogP contribution is -2.31. The summed E-state index contributed by atoms with van der Waals surface area (Å²) < 4.78 is 1.67. The van der Waals surface area contributed by atoms with Crippen molar-refractivity contribution in [3.8, 4) is 0 Å². The first-order valence-corrected chi connectivity index (χ1v) is 8.21. The van der Waals surface area contributed by atoms with Gasteiger partial charge in [-0.1, -0.05) is 30.8 Å². The van der Waals surface area contributed by atoms with Crippen LogP contribution in [-0.4, -0.2) is 39.7 Å². The smallest absolute Gasteiger partial charge is 0.262 e. The van der Waals surface area contributed by atoms with E-state index in [9.17, 15) is 9.59 Å². The summed E-state index contributed by atoms with van der Waals surface area (Å²) in [6, 6.07) is 7.32. The highest BCUT2D eigenvalue weighted by atomic mass is 32.2. The SMILES string of the molecule is CCCn1c(SC(C)C(=O)N(C)C)nc2ccccc2c1=O. The van der Waals surface area contributed by atoms with Crippen LogP contribution in [0.25, 0.3) is 10.9 Å². The largest absolute Gasteiger partial charge is 0.348 e. The van der Waals surface area contributed by atoms with Crippen LogP contribution in [0.1, 0.15) is 20.3 Å². The Labute approximate surface area is 134 Å². The number of hydrogen-bond donors (Lipinski definition) is 0. The number of fused-ring (bicyclic) bond motifs is 1. The van der Waals surface area contributed by atoms with Crippen molar-refractivity contribution in [2.75, 3.05) is 14.1 Å². The summed E-state index contributed by atoms with van der Waals surface area (Å²) in [5.74, 6) is 0.00968. The number of thioether (sulfide) groups is 1. The van der Waals surface area contributed by atoms with Crippen molar-refractivity contribution in [3.05, 3.63) is 34.6 Å². The molecule has 1 heterocycles. The number of rotatable bonds is 5. The molecule has 0 fully saturated rings. The van der Waals surface area contributed by atoms with Gasteiger partial charge in [0.15, 0.2) is 5.16 Å². The monoisotopic (exact) mass is 319 g/mol. The second-order valence-electron chi connectivity index (χ2n) is 5.36. The van der Waals surface area contributed by atoms with Crippen molar-refractivity contribution < 1.29 is 4.79 Å². The molecule has 2 rings (SSSR count). The minimum atomic E-state index is -0.286. The summed E-state index contributed by atoms with van der Waals surface area (Å²) in [5.41, 5.74) is 0.631. The highest BCUT2D eigenvalue weighted by Crippen LogP contribution is 2.23. The molecular weight excluding hydrogens is 298 g/mol. The summed E-state index contributed by atoms with van der Waals surface area (Å²) in [6.07, 6.45) is 0.837. The van der Waals surface area contributed by atoms with E-state index in [1.165, 1.54) is 11.8 Å². The molecule has 0 saturated carbocycles. The molecule has 0 spiro atoms. The Morgan fingerprint density at radius 3 is 2.68 bits per heavy atom. The van der Waals surface area contributed by atoms with Crippen LogP contribution < -0.4 is 5.56 Å². The average Bonchev–Trinajstić information content (AvgIpc) is 2.50. The van der Waals surface area contributed by atoms with E-state index in [-0.39, 0.29) is 16.7 Å². The molecule has 5 nitrogen and oxygen atoms in total. The third kappa shape index (κ3) is 3.32. The summed E-state index contributed by atoms with van der Waals surface area (Å²) in [6.45, 7) is 4.46. The number of para-hydroxylation sites is 1. The molecule has 0 saturated heterocycles. The van der Waals surface area contributed by atoms with E-state index in [0.717, 1.165) is 6.42 Å². The van der Waals surface area contributed by atoms with Crippen molar-refractivity contribution in [2.45, 2.75) is 37.2 Å². The molecule has 0 aliphatic rings. The number of amides is 1. The fourth-order valence-corrected chi connectivity index (χ4v) is 3.31. The summed E-state index contributed by atoms with van der Waals surface area (Å²) in [4.78, 5) is 30.8. The van der Waals surface area contributed by atoms with Gasteiger partial charge in [-0.2, -0.15) is 0 Å².